The maximum absolute atomic E-state index is 10.1. The van der Waals surface area contributed by atoms with Crippen LogP contribution in [0.1, 0.15) is 25.0 Å². The van der Waals surface area contributed by atoms with Gasteiger partial charge in [0, 0.05) is 13.7 Å². The summed E-state index contributed by atoms with van der Waals surface area (Å²) in [7, 11) is 1.64. The van der Waals surface area contributed by atoms with E-state index in [4.69, 9.17) is 18.9 Å². The van der Waals surface area contributed by atoms with Gasteiger partial charge in [-0.05, 0) is 25.0 Å². The summed E-state index contributed by atoms with van der Waals surface area (Å²) < 4.78 is 23.8. The molecule has 2 aromatic rings. The van der Waals surface area contributed by atoms with Crippen molar-refractivity contribution >= 4 is 0 Å². The molecule has 0 unspecified atom stereocenters. The van der Waals surface area contributed by atoms with Gasteiger partial charge in [-0.25, -0.2) is 0 Å². The van der Waals surface area contributed by atoms with E-state index < -0.39 is 18.0 Å². The Kier molecular flexibility index (Phi) is 8.39. The van der Waals surface area contributed by atoms with Crippen molar-refractivity contribution in [3.05, 3.63) is 71.8 Å². The molecule has 4 atom stereocenters. The first-order valence-corrected chi connectivity index (χ1v) is 10.4. The molecule has 6 nitrogen and oxygen atoms in total. The van der Waals surface area contributed by atoms with E-state index in [1.54, 1.807) is 7.11 Å². The third-order valence-electron chi connectivity index (χ3n) is 5.30. The fourth-order valence-corrected chi connectivity index (χ4v) is 3.74. The second-order valence-corrected chi connectivity index (χ2v) is 7.98. The molecule has 0 aromatic heterocycles. The van der Waals surface area contributed by atoms with Crippen LogP contribution in [-0.2, 0) is 32.1 Å². The Morgan fingerprint density at radius 3 is 2.23 bits per heavy atom. The molecule has 6 heteroatoms. The van der Waals surface area contributed by atoms with Crippen molar-refractivity contribution in [3.63, 3.8) is 0 Å². The van der Waals surface area contributed by atoms with Crippen LogP contribution in [0.2, 0.25) is 0 Å². The zero-order valence-corrected chi connectivity index (χ0v) is 18.0. The van der Waals surface area contributed by atoms with Gasteiger partial charge in [-0.3, -0.25) is 0 Å². The van der Waals surface area contributed by atoms with E-state index in [0.717, 1.165) is 11.1 Å². The molecule has 1 heterocycles. The summed E-state index contributed by atoms with van der Waals surface area (Å²) in [6.07, 6.45) is -1.18. The van der Waals surface area contributed by atoms with Gasteiger partial charge < -0.3 is 29.4 Å². The van der Waals surface area contributed by atoms with Crippen molar-refractivity contribution in [2.75, 3.05) is 20.3 Å². The largest absolute Gasteiger partial charge is 0.394 e. The molecule has 0 spiro atoms. The molecular formula is C24H33NO5. The SMILES string of the molecule is CO[C@H]([C@@H](NCc1ccccc1)[C@H]1COC(C)(C)O1)[C@@H](CO)OCc1ccccc1. The van der Waals surface area contributed by atoms with Gasteiger partial charge in [0.1, 0.15) is 18.3 Å². The lowest BCUT2D eigenvalue weighted by molar-refractivity contribution is -0.157. The molecule has 1 aliphatic rings. The number of nitrogens with one attached hydrogen (secondary N) is 1. The predicted molar refractivity (Wildman–Crippen MR) is 115 cm³/mol. The fourth-order valence-electron chi connectivity index (χ4n) is 3.74. The van der Waals surface area contributed by atoms with Gasteiger partial charge in [0.05, 0.1) is 25.9 Å². The molecule has 0 amide bonds. The van der Waals surface area contributed by atoms with Gasteiger partial charge in [-0.15, -0.1) is 0 Å². The molecule has 1 fully saturated rings. The second kappa shape index (κ2) is 11.0. The summed E-state index contributed by atoms with van der Waals surface area (Å²) in [5, 5.41) is 13.6. The third-order valence-corrected chi connectivity index (χ3v) is 5.30. The zero-order chi connectivity index (χ0) is 21.4. The summed E-state index contributed by atoms with van der Waals surface area (Å²) in [6.45, 7) is 5.12. The van der Waals surface area contributed by atoms with Crippen LogP contribution >= 0.6 is 0 Å². The minimum Gasteiger partial charge on any atom is -0.394 e. The van der Waals surface area contributed by atoms with Crippen molar-refractivity contribution in [3.8, 4) is 0 Å². The zero-order valence-electron chi connectivity index (χ0n) is 18.0. The smallest absolute Gasteiger partial charge is 0.163 e. The van der Waals surface area contributed by atoms with Crippen LogP contribution in [0.5, 0.6) is 0 Å². The topological polar surface area (TPSA) is 69.2 Å². The Morgan fingerprint density at radius 1 is 1.07 bits per heavy atom. The van der Waals surface area contributed by atoms with Crippen molar-refractivity contribution in [1.82, 2.24) is 5.32 Å². The van der Waals surface area contributed by atoms with E-state index in [9.17, 15) is 5.11 Å². The van der Waals surface area contributed by atoms with Crippen molar-refractivity contribution < 1.29 is 24.1 Å². The highest BCUT2D eigenvalue weighted by atomic mass is 16.7. The van der Waals surface area contributed by atoms with E-state index in [2.05, 4.69) is 17.4 Å². The molecule has 30 heavy (non-hydrogen) atoms. The van der Waals surface area contributed by atoms with Gasteiger partial charge in [0.15, 0.2) is 5.79 Å². The molecule has 164 valence electrons. The van der Waals surface area contributed by atoms with Crippen LogP contribution in [0.15, 0.2) is 60.7 Å². The van der Waals surface area contributed by atoms with E-state index in [1.165, 1.54) is 0 Å². The van der Waals surface area contributed by atoms with Crippen LogP contribution in [0.4, 0.5) is 0 Å². The molecule has 2 aromatic carbocycles. The number of aliphatic hydroxyl groups is 1. The summed E-state index contributed by atoms with van der Waals surface area (Å²) in [5.41, 5.74) is 2.20. The lowest BCUT2D eigenvalue weighted by Gasteiger charge is -2.35. The number of benzene rings is 2. The van der Waals surface area contributed by atoms with Crippen LogP contribution in [0.25, 0.3) is 0 Å². The van der Waals surface area contributed by atoms with Crippen molar-refractivity contribution in [2.45, 2.75) is 57.1 Å². The highest BCUT2D eigenvalue weighted by molar-refractivity contribution is 5.15. The summed E-state index contributed by atoms with van der Waals surface area (Å²) >= 11 is 0. The normalized spacial score (nSPS) is 21.3. The van der Waals surface area contributed by atoms with E-state index in [-0.39, 0.29) is 18.8 Å². The molecule has 1 saturated heterocycles. The van der Waals surface area contributed by atoms with E-state index in [0.29, 0.717) is 19.8 Å². The molecule has 1 aliphatic heterocycles. The monoisotopic (exact) mass is 415 g/mol. The highest BCUT2D eigenvalue weighted by Gasteiger charge is 2.43. The van der Waals surface area contributed by atoms with E-state index >= 15 is 0 Å². The highest BCUT2D eigenvalue weighted by Crippen LogP contribution is 2.27. The molecular weight excluding hydrogens is 382 g/mol. The lowest BCUT2D eigenvalue weighted by atomic mass is 9.99. The average molecular weight is 416 g/mol. The number of rotatable bonds is 11. The van der Waals surface area contributed by atoms with Gasteiger partial charge in [-0.1, -0.05) is 60.7 Å². The standard InChI is InChI=1S/C24H33NO5/c1-24(2)29-17-21(30-24)22(25-14-18-10-6-4-7-11-18)23(27-3)20(15-26)28-16-19-12-8-5-9-13-19/h4-13,20-23,25-26H,14-17H2,1-3H3/t20-,21-,22+,23+/m1/s1. The quantitative estimate of drug-likeness (QED) is 0.588. The van der Waals surface area contributed by atoms with Crippen LogP contribution in [-0.4, -0.2) is 55.6 Å². The number of hydrogen-bond acceptors (Lipinski definition) is 6. The molecule has 0 saturated carbocycles. The average Bonchev–Trinajstić information content (AvgIpc) is 3.13. The Bertz CT molecular complexity index is 740. The van der Waals surface area contributed by atoms with Crippen LogP contribution < -0.4 is 5.32 Å². The first-order chi connectivity index (χ1) is 14.5. The summed E-state index contributed by atoms with van der Waals surface area (Å²) in [4.78, 5) is 0. The molecule has 3 rings (SSSR count). The molecule has 0 aliphatic carbocycles. The lowest BCUT2D eigenvalue weighted by Crippen LogP contribution is -2.56. The molecule has 0 bridgehead atoms. The Morgan fingerprint density at radius 2 is 1.70 bits per heavy atom. The maximum atomic E-state index is 10.1. The van der Waals surface area contributed by atoms with E-state index in [1.807, 2.05) is 62.4 Å². The van der Waals surface area contributed by atoms with Gasteiger partial charge >= 0.3 is 0 Å². The molecule has 0 radical (unpaired) electrons. The van der Waals surface area contributed by atoms with Gasteiger partial charge in [0.25, 0.3) is 0 Å². The predicted octanol–water partition coefficient (Wildman–Crippen LogP) is 2.89. The summed E-state index contributed by atoms with van der Waals surface area (Å²) in [5.74, 6) is -0.657. The van der Waals surface area contributed by atoms with Gasteiger partial charge in [0.2, 0.25) is 0 Å². The van der Waals surface area contributed by atoms with Crippen LogP contribution in [0.3, 0.4) is 0 Å². The Hall–Kier alpha value is -1.80. The number of hydrogen-bond donors (Lipinski definition) is 2. The number of aliphatic hydroxyl groups excluding tert-OH is 1. The number of ether oxygens (including phenoxy) is 4. The Balaban J connectivity index is 1.73. The molecule has 2 N–H and O–H groups in total. The maximum Gasteiger partial charge on any atom is 0.163 e. The second-order valence-electron chi connectivity index (χ2n) is 7.98. The van der Waals surface area contributed by atoms with Gasteiger partial charge in [-0.2, -0.15) is 0 Å². The first kappa shape index (κ1) is 22.9. The van der Waals surface area contributed by atoms with Crippen LogP contribution in [0, 0.1) is 0 Å². The van der Waals surface area contributed by atoms with Crippen molar-refractivity contribution in [1.29, 1.82) is 0 Å². The van der Waals surface area contributed by atoms with Crippen molar-refractivity contribution in [2.24, 2.45) is 0 Å². The fraction of sp³-hybridized carbons (Fsp3) is 0.500. The first-order valence-electron chi connectivity index (χ1n) is 10.4. The number of methoxy groups -OCH3 is 1. The Labute approximate surface area is 179 Å². The third kappa shape index (κ3) is 6.35. The minimum atomic E-state index is -0.657. The summed E-state index contributed by atoms with van der Waals surface area (Å²) in [6, 6.07) is 19.8. The minimum absolute atomic E-state index is 0.161.